The highest BCUT2D eigenvalue weighted by molar-refractivity contribution is 9.10. The number of sulfone groups is 1. The summed E-state index contributed by atoms with van der Waals surface area (Å²) in [4.78, 5) is 19.0. The SMILES string of the molecule is CC(=O)NCc1ccc(-c2c[nH]c3ncc(Br)c(S(=O)(=O)c4ccc(C)cc4)c23)cc1. The number of benzene rings is 2. The Bertz CT molecular complexity index is 1380. The molecular formula is C23H20BrN3O3S. The number of pyridine rings is 1. The summed E-state index contributed by atoms with van der Waals surface area (Å²) in [5, 5.41) is 3.30. The Kier molecular flexibility index (Phi) is 5.68. The van der Waals surface area contributed by atoms with Crippen LogP contribution in [0.5, 0.6) is 0 Å². The molecule has 0 spiro atoms. The molecule has 0 fully saturated rings. The Morgan fingerprint density at radius 2 is 1.77 bits per heavy atom. The Hall–Kier alpha value is -2.97. The fourth-order valence-electron chi connectivity index (χ4n) is 3.40. The summed E-state index contributed by atoms with van der Waals surface area (Å²) in [7, 11) is -3.79. The van der Waals surface area contributed by atoms with Crippen molar-refractivity contribution in [3.8, 4) is 11.1 Å². The van der Waals surface area contributed by atoms with E-state index in [9.17, 15) is 13.2 Å². The molecule has 2 heterocycles. The van der Waals surface area contributed by atoms with E-state index in [0.29, 0.717) is 22.1 Å². The molecular weight excluding hydrogens is 478 g/mol. The maximum atomic E-state index is 13.6. The molecule has 4 rings (SSSR count). The van der Waals surface area contributed by atoms with Crippen LogP contribution < -0.4 is 5.32 Å². The van der Waals surface area contributed by atoms with E-state index in [2.05, 4.69) is 31.2 Å². The van der Waals surface area contributed by atoms with Crippen molar-refractivity contribution in [2.24, 2.45) is 0 Å². The molecule has 0 unspecified atom stereocenters. The summed E-state index contributed by atoms with van der Waals surface area (Å²) < 4.78 is 27.5. The van der Waals surface area contributed by atoms with Gasteiger partial charge in [0.25, 0.3) is 0 Å². The van der Waals surface area contributed by atoms with Crippen molar-refractivity contribution in [1.29, 1.82) is 0 Å². The van der Waals surface area contributed by atoms with Crippen LogP contribution in [-0.4, -0.2) is 24.3 Å². The predicted octanol–water partition coefficient (Wildman–Crippen LogP) is 4.77. The van der Waals surface area contributed by atoms with Gasteiger partial charge in [0.2, 0.25) is 15.7 Å². The van der Waals surface area contributed by atoms with Gasteiger partial charge >= 0.3 is 0 Å². The summed E-state index contributed by atoms with van der Waals surface area (Å²) in [6.45, 7) is 3.82. The number of H-pyrrole nitrogens is 1. The van der Waals surface area contributed by atoms with Crippen molar-refractivity contribution in [2.45, 2.75) is 30.2 Å². The van der Waals surface area contributed by atoms with Crippen LogP contribution in [0.1, 0.15) is 18.1 Å². The Labute approximate surface area is 188 Å². The van der Waals surface area contributed by atoms with Crippen LogP contribution in [0.25, 0.3) is 22.2 Å². The van der Waals surface area contributed by atoms with E-state index in [1.165, 1.54) is 13.1 Å². The van der Waals surface area contributed by atoms with Gasteiger partial charge in [0.1, 0.15) is 5.65 Å². The predicted molar refractivity (Wildman–Crippen MR) is 123 cm³/mol. The van der Waals surface area contributed by atoms with Crippen LogP contribution in [-0.2, 0) is 21.2 Å². The summed E-state index contributed by atoms with van der Waals surface area (Å²) in [6.07, 6.45) is 3.27. The zero-order valence-corrected chi connectivity index (χ0v) is 19.3. The molecule has 0 aliphatic rings. The average Bonchev–Trinajstić information content (AvgIpc) is 3.16. The normalized spacial score (nSPS) is 11.6. The number of aromatic nitrogens is 2. The number of amides is 1. The molecule has 0 saturated heterocycles. The number of carbonyl (C=O) groups excluding carboxylic acids is 1. The third-order valence-corrected chi connectivity index (χ3v) is 7.73. The van der Waals surface area contributed by atoms with Crippen molar-refractivity contribution in [3.63, 3.8) is 0 Å². The highest BCUT2D eigenvalue weighted by Gasteiger charge is 2.26. The van der Waals surface area contributed by atoms with Gasteiger partial charge in [0, 0.05) is 36.8 Å². The van der Waals surface area contributed by atoms with Crippen molar-refractivity contribution in [3.05, 3.63) is 76.5 Å². The summed E-state index contributed by atoms with van der Waals surface area (Å²) in [5.41, 5.74) is 4.01. The zero-order valence-electron chi connectivity index (χ0n) is 16.9. The smallest absolute Gasteiger partial charge is 0.217 e. The Balaban J connectivity index is 1.85. The van der Waals surface area contributed by atoms with E-state index in [1.54, 1.807) is 30.5 Å². The lowest BCUT2D eigenvalue weighted by atomic mass is 10.0. The number of fused-ring (bicyclic) bond motifs is 1. The lowest BCUT2D eigenvalue weighted by molar-refractivity contribution is -0.119. The van der Waals surface area contributed by atoms with Crippen molar-refractivity contribution in [1.82, 2.24) is 15.3 Å². The fourth-order valence-corrected chi connectivity index (χ4v) is 5.85. The number of halogens is 1. The number of hydrogen-bond donors (Lipinski definition) is 2. The van der Waals surface area contributed by atoms with Crippen LogP contribution in [0.3, 0.4) is 0 Å². The highest BCUT2D eigenvalue weighted by atomic mass is 79.9. The number of hydrogen-bond acceptors (Lipinski definition) is 4. The number of nitrogens with one attached hydrogen (secondary N) is 2. The molecule has 6 nitrogen and oxygen atoms in total. The second-order valence-electron chi connectivity index (χ2n) is 7.28. The van der Waals surface area contributed by atoms with Crippen LogP contribution in [0.2, 0.25) is 0 Å². The van der Waals surface area contributed by atoms with Gasteiger partial charge in [-0.2, -0.15) is 0 Å². The first-order chi connectivity index (χ1) is 14.8. The molecule has 2 N–H and O–H groups in total. The number of aromatic amines is 1. The summed E-state index contributed by atoms with van der Waals surface area (Å²) >= 11 is 3.41. The number of nitrogens with zero attached hydrogens (tertiary/aromatic N) is 1. The lowest BCUT2D eigenvalue weighted by Gasteiger charge is -2.11. The van der Waals surface area contributed by atoms with Gasteiger partial charge in [-0.05, 0) is 46.1 Å². The van der Waals surface area contributed by atoms with Crippen molar-refractivity contribution < 1.29 is 13.2 Å². The first-order valence-corrected chi connectivity index (χ1v) is 11.9. The van der Waals surface area contributed by atoms with E-state index in [0.717, 1.165) is 22.3 Å². The third-order valence-electron chi connectivity index (χ3n) is 5.02. The molecule has 0 bridgehead atoms. The molecule has 31 heavy (non-hydrogen) atoms. The maximum Gasteiger partial charge on any atom is 0.217 e. The minimum atomic E-state index is -3.79. The fraction of sp³-hybridized carbons (Fsp3) is 0.130. The molecule has 158 valence electrons. The molecule has 0 saturated carbocycles. The molecule has 0 radical (unpaired) electrons. The summed E-state index contributed by atoms with van der Waals surface area (Å²) in [6, 6.07) is 14.4. The standard InChI is InChI=1S/C23H20BrN3O3S/c1-14-3-9-18(10-4-14)31(29,30)22-20(24)13-27-23-21(22)19(12-26-23)17-7-5-16(6-8-17)11-25-15(2)28/h3-10,12-13H,11H2,1-2H3,(H,25,28)(H,26,27). The molecule has 0 atom stereocenters. The number of carbonyl (C=O) groups is 1. The Morgan fingerprint density at radius 1 is 1.10 bits per heavy atom. The largest absolute Gasteiger partial charge is 0.352 e. The van der Waals surface area contributed by atoms with Crippen LogP contribution in [0.4, 0.5) is 0 Å². The van der Waals surface area contributed by atoms with Gasteiger partial charge in [-0.1, -0.05) is 42.0 Å². The maximum absolute atomic E-state index is 13.6. The van der Waals surface area contributed by atoms with Gasteiger partial charge in [0.05, 0.1) is 14.3 Å². The van der Waals surface area contributed by atoms with E-state index in [-0.39, 0.29) is 15.7 Å². The molecule has 0 aliphatic heterocycles. The molecule has 2 aromatic carbocycles. The Morgan fingerprint density at radius 3 is 2.42 bits per heavy atom. The monoisotopic (exact) mass is 497 g/mol. The van der Waals surface area contributed by atoms with Crippen molar-refractivity contribution in [2.75, 3.05) is 0 Å². The molecule has 2 aromatic heterocycles. The topological polar surface area (TPSA) is 91.9 Å². The van der Waals surface area contributed by atoms with E-state index in [1.807, 2.05) is 31.2 Å². The lowest BCUT2D eigenvalue weighted by Crippen LogP contribution is -2.18. The number of rotatable bonds is 5. The molecule has 8 heteroatoms. The molecule has 4 aromatic rings. The zero-order chi connectivity index (χ0) is 22.2. The van der Waals surface area contributed by atoms with Gasteiger partial charge in [-0.3, -0.25) is 4.79 Å². The third kappa shape index (κ3) is 4.13. The van der Waals surface area contributed by atoms with E-state index in [4.69, 9.17) is 0 Å². The highest BCUT2D eigenvalue weighted by Crippen LogP contribution is 2.39. The van der Waals surface area contributed by atoms with Crippen LogP contribution >= 0.6 is 15.9 Å². The minimum absolute atomic E-state index is 0.0948. The molecule has 0 aliphatic carbocycles. The average molecular weight is 498 g/mol. The first kappa shape index (κ1) is 21.3. The van der Waals surface area contributed by atoms with Crippen LogP contribution in [0.15, 0.2) is 75.2 Å². The summed E-state index contributed by atoms with van der Waals surface area (Å²) in [5.74, 6) is -0.0948. The number of aryl methyl sites for hydroxylation is 1. The van der Waals surface area contributed by atoms with Gasteiger partial charge in [-0.15, -0.1) is 0 Å². The van der Waals surface area contributed by atoms with E-state index < -0.39 is 9.84 Å². The van der Waals surface area contributed by atoms with Gasteiger partial charge in [-0.25, -0.2) is 13.4 Å². The minimum Gasteiger partial charge on any atom is -0.352 e. The second kappa shape index (κ2) is 8.28. The van der Waals surface area contributed by atoms with Gasteiger partial charge in [0.15, 0.2) is 0 Å². The first-order valence-electron chi connectivity index (χ1n) is 9.58. The second-order valence-corrected chi connectivity index (χ2v) is 10.0. The van der Waals surface area contributed by atoms with E-state index >= 15 is 0 Å². The quantitative estimate of drug-likeness (QED) is 0.415. The van der Waals surface area contributed by atoms with Crippen LogP contribution in [0, 0.1) is 6.92 Å². The van der Waals surface area contributed by atoms with Gasteiger partial charge < -0.3 is 10.3 Å². The molecule has 1 amide bonds. The van der Waals surface area contributed by atoms with Crippen molar-refractivity contribution >= 4 is 42.7 Å².